The van der Waals surface area contributed by atoms with Gasteiger partial charge in [-0.15, -0.1) is 0 Å². The van der Waals surface area contributed by atoms with E-state index in [-0.39, 0.29) is 5.60 Å². The van der Waals surface area contributed by atoms with E-state index in [1.165, 1.54) is 0 Å². The highest BCUT2D eigenvalue weighted by Gasteiger charge is 2.29. The Bertz CT molecular complexity index is 565. The van der Waals surface area contributed by atoms with Crippen LogP contribution in [-0.2, 0) is 4.74 Å². The minimum absolute atomic E-state index is 0.0655. The van der Waals surface area contributed by atoms with E-state index in [1.807, 2.05) is 24.4 Å². The highest BCUT2D eigenvalue weighted by atomic mass is 16.5. The molecule has 3 heterocycles. The lowest BCUT2D eigenvalue weighted by atomic mass is 9.94. The third kappa shape index (κ3) is 2.82. The smallest absolute Gasteiger partial charge is 0.176 e. The summed E-state index contributed by atoms with van der Waals surface area (Å²) in [6.45, 7) is 5.07. The minimum Gasteiger partial charge on any atom is -0.379 e. The number of nitrogens with one attached hydrogen (secondary N) is 1. The molecular formula is C15H20N4O. The molecule has 0 radical (unpaired) electrons. The van der Waals surface area contributed by atoms with Crippen molar-refractivity contribution in [3.63, 3.8) is 0 Å². The van der Waals surface area contributed by atoms with Gasteiger partial charge in [0.25, 0.3) is 0 Å². The van der Waals surface area contributed by atoms with Gasteiger partial charge >= 0.3 is 0 Å². The largest absolute Gasteiger partial charge is 0.379 e. The van der Waals surface area contributed by atoms with E-state index in [0.29, 0.717) is 6.04 Å². The Morgan fingerprint density at radius 3 is 3.00 bits per heavy atom. The van der Waals surface area contributed by atoms with Gasteiger partial charge in [-0.2, -0.15) is 5.10 Å². The van der Waals surface area contributed by atoms with Crippen molar-refractivity contribution in [3.05, 3.63) is 36.8 Å². The fourth-order valence-corrected chi connectivity index (χ4v) is 2.66. The van der Waals surface area contributed by atoms with Crippen LogP contribution in [0.4, 0.5) is 5.69 Å². The zero-order valence-electron chi connectivity index (χ0n) is 11.9. The first-order valence-corrected chi connectivity index (χ1v) is 7.00. The van der Waals surface area contributed by atoms with Crippen molar-refractivity contribution < 1.29 is 4.74 Å². The van der Waals surface area contributed by atoms with Gasteiger partial charge in [-0.3, -0.25) is 0 Å². The van der Waals surface area contributed by atoms with Gasteiger partial charge in [-0.25, -0.2) is 9.67 Å². The summed E-state index contributed by atoms with van der Waals surface area (Å²) in [5, 5.41) is 7.85. The summed E-state index contributed by atoms with van der Waals surface area (Å²) < 4.78 is 7.55. The van der Waals surface area contributed by atoms with Crippen LogP contribution in [0.3, 0.4) is 0 Å². The molecule has 1 saturated heterocycles. The molecule has 0 bridgehead atoms. The van der Waals surface area contributed by atoms with Crippen molar-refractivity contribution in [3.8, 4) is 5.82 Å². The Labute approximate surface area is 119 Å². The highest BCUT2D eigenvalue weighted by molar-refractivity contribution is 5.56. The van der Waals surface area contributed by atoms with Gasteiger partial charge in [0.1, 0.15) is 0 Å². The van der Waals surface area contributed by atoms with Crippen LogP contribution in [0.5, 0.6) is 0 Å². The van der Waals surface area contributed by atoms with Gasteiger partial charge in [0.2, 0.25) is 0 Å². The maximum atomic E-state index is 5.76. The second kappa shape index (κ2) is 5.25. The van der Waals surface area contributed by atoms with Gasteiger partial charge < -0.3 is 10.1 Å². The third-order valence-corrected chi connectivity index (χ3v) is 3.56. The number of nitrogens with zero attached hydrogens (tertiary/aromatic N) is 3. The zero-order valence-corrected chi connectivity index (χ0v) is 11.9. The van der Waals surface area contributed by atoms with Crippen LogP contribution < -0.4 is 5.32 Å². The van der Waals surface area contributed by atoms with E-state index in [2.05, 4.69) is 29.2 Å². The second-order valence-electron chi connectivity index (χ2n) is 5.77. The zero-order chi connectivity index (χ0) is 14.0. The van der Waals surface area contributed by atoms with Crippen LogP contribution in [0.15, 0.2) is 36.8 Å². The number of ether oxygens (including phenoxy) is 1. The average molecular weight is 272 g/mol. The first-order valence-electron chi connectivity index (χ1n) is 7.00. The van der Waals surface area contributed by atoms with Crippen molar-refractivity contribution in [1.82, 2.24) is 14.8 Å². The van der Waals surface area contributed by atoms with Crippen LogP contribution >= 0.6 is 0 Å². The molecule has 2 aromatic rings. The number of hydrogen-bond donors (Lipinski definition) is 1. The van der Waals surface area contributed by atoms with Gasteiger partial charge in [-0.05, 0) is 44.9 Å². The van der Waals surface area contributed by atoms with E-state index in [0.717, 1.165) is 31.0 Å². The number of anilines is 1. The molecular weight excluding hydrogens is 252 g/mol. The predicted molar refractivity (Wildman–Crippen MR) is 78.0 cm³/mol. The van der Waals surface area contributed by atoms with E-state index in [9.17, 15) is 0 Å². The van der Waals surface area contributed by atoms with Crippen LogP contribution in [0.1, 0.15) is 26.7 Å². The molecule has 1 atom stereocenters. The van der Waals surface area contributed by atoms with E-state index >= 15 is 0 Å². The van der Waals surface area contributed by atoms with Crippen molar-refractivity contribution in [2.45, 2.75) is 38.3 Å². The molecule has 0 amide bonds. The highest BCUT2D eigenvalue weighted by Crippen LogP contribution is 2.27. The number of rotatable bonds is 3. The Balaban J connectivity index is 1.81. The molecule has 2 aromatic heterocycles. The molecule has 20 heavy (non-hydrogen) atoms. The second-order valence-corrected chi connectivity index (χ2v) is 5.77. The lowest BCUT2D eigenvalue weighted by Gasteiger charge is -2.36. The summed E-state index contributed by atoms with van der Waals surface area (Å²) in [7, 11) is 0. The Morgan fingerprint density at radius 1 is 1.35 bits per heavy atom. The summed E-state index contributed by atoms with van der Waals surface area (Å²) in [6, 6.07) is 6.29. The summed E-state index contributed by atoms with van der Waals surface area (Å²) in [6.07, 6.45) is 7.45. The number of hydrogen-bond acceptors (Lipinski definition) is 4. The molecule has 1 aliphatic heterocycles. The summed E-state index contributed by atoms with van der Waals surface area (Å²) >= 11 is 0. The molecule has 1 aliphatic rings. The van der Waals surface area contributed by atoms with Crippen LogP contribution in [-0.4, -0.2) is 33.0 Å². The fraction of sp³-hybridized carbons (Fsp3) is 0.467. The van der Waals surface area contributed by atoms with Crippen molar-refractivity contribution >= 4 is 5.69 Å². The average Bonchev–Trinajstić information content (AvgIpc) is 2.92. The molecule has 0 aromatic carbocycles. The predicted octanol–water partition coefficient (Wildman–Crippen LogP) is 2.64. The molecule has 5 nitrogen and oxygen atoms in total. The molecule has 1 unspecified atom stereocenters. The van der Waals surface area contributed by atoms with E-state index in [1.54, 1.807) is 17.1 Å². The molecule has 106 valence electrons. The Kier molecular flexibility index (Phi) is 3.44. The maximum Gasteiger partial charge on any atom is 0.176 e. The molecule has 3 rings (SSSR count). The molecule has 1 N–H and O–H groups in total. The van der Waals surface area contributed by atoms with Gasteiger partial charge in [0, 0.05) is 31.2 Å². The third-order valence-electron chi connectivity index (χ3n) is 3.56. The van der Waals surface area contributed by atoms with Crippen LogP contribution in [0.25, 0.3) is 5.82 Å². The van der Waals surface area contributed by atoms with Crippen molar-refractivity contribution in [1.29, 1.82) is 0 Å². The van der Waals surface area contributed by atoms with E-state index in [4.69, 9.17) is 4.74 Å². The van der Waals surface area contributed by atoms with Crippen LogP contribution in [0.2, 0.25) is 0 Å². The SMILES string of the molecule is CC1(C)CC(Nc2cccnc2-n2cccn2)CCO1. The van der Waals surface area contributed by atoms with Crippen molar-refractivity contribution in [2.24, 2.45) is 0 Å². The lowest BCUT2D eigenvalue weighted by molar-refractivity contribution is -0.0553. The Morgan fingerprint density at radius 2 is 2.25 bits per heavy atom. The lowest BCUT2D eigenvalue weighted by Crippen LogP contribution is -2.40. The van der Waals surface area contributed by atoms with Gasteiger partial charge in [0.15, 0.2) is 5.82 Å². The minimum atomic E-state index is -0.0655. The van der Waals surface area contributed by atoms with Crippen LogP contribution in [0, 0.1) is 0 Å². The number of pyridine rings is 1. The van der Waals surface area contributed by atoms with E-state index < -0.39 is 0 Å². The fourth-order valence-electron chi connectivity index (χ4n) is 2.66. The molecule has 0 spiro atoms. The summed E-state index contributed by atoms with van der Waals surface area (Å²) in [4.78, 5) is 4.43. The number of aromatic nitrogens is 3. The Hall–Kier alpha value is -1.88. The summed E-state index contributed by atoms with van der Waals surface area (Å²) in [5.74, 6) is 0.835. The molecule has 5 heteroatoms. The van der Waals surface area contributed by atoms with Crippen molar-refractivity contribution in [2.75, 3.05) is 11.9 Å². The quantitative estimate of drug-likeness (QED) is 0.933. The van der Waals surface area contributed by atoms with Gasteiger partial charge in [-0.1, -0.05) is 0 Å². The topological polar surface area (TPSA) is 52.0 Å². The maximum absolute atomic E-state index is 5.76. The first-order chi connectivity index (χ1) is 9.64. The first kappa shape index (κ1) is 13.1. The monoisotopic (exact) mass is 272 g/mol. The molecule has 0 aliphatic carbocycles. The normalized spacial score (nSPS) is 21.6. The standard InChI is InChI=1S/C15H20N4O/c1-15(2)11-12(6-10-20-15)18-13-5-3-7-16-14(13)19-9-4-8-17-19/h3-5,7-9,12,18H,6,10-11H2,1-2H3. The summed E-state index contributed by atoms with van der Waals surface area (Å²) in [5.41, 5.74) is 0.947. The molecule has 0 saturated carbocycles. The van der Waals surface area contributed by atoms with Gasteiger partial charge in [0.05, 0.1) is 11.3 Å². The molecule has 1 fully saturated rings.